The Kier molecular flexibility index (Phi) is 5.11. The molecule has 92 valence electrons. The zero-order valence-corrected chi connectivity index (χ0v) is 8.55. The summed E-state index contributed by atoms with van der Waals surface area (Å²) in [6, 6.07) is -1.44. The summed E-state index contributed by atoms with van der Waals surface area (Å²) < 4.78 is 63.8. The van der Waals surface area contributed by atoms with E-state index in [2.05, 4.69) is 0 Å². The first-order valence-electron chi connectivity index (χ1n) is 3.88. The summed E-state index contributed by atoms with van der Waals surface area (Å²) in [5.41, 5.74) is 9.02. The number of benzene rings is 1. The molecule has 0 aliphatic carbocycles. The van der Waals surface area contributed by atoms with Crippen LogP contribution in [0.2, 0.25) is 0 Å². The van der Waals surface area contributed by atoms with Gasteiger partial charge in [-0.2, -0.15) is 0 Å². The van der Waals surface area contributed by atoms with Crippen LogP contribution in [0.15, 0.2) is 0 Å². The number of hydrogen-bond acceptors (Lipinski definition) is 2. The molecule has 0 spiro atoms. The van der Waals surface area contributed by atoms with Crippen LogP contribution in [0.25, 0.3) is 0 Å². The van der Waals surface area contributed by atoms with Gasteiger partial charge in [0.1, 0.15) is 0 Å². The van der Waals surface area contributed by atoms with Gasteiger partial charge in [-0.25, -0.2) is 22.0 Å². The summed E-state index contributed by atoms with van der Waals surface area (Å²) >= 11 is 0. The summed E-state index contributed by atoms with van der Waals surface area (Å²) in [7, 11) is 0. The van der Waals surface area contributed by atoms with Crippen LogP contribution >= 0.6 is 12.4 Å². The predicted octanol–water partition coefficient (Wildman–Crippen LogP) is 1.76. The number of nitrogens with two attached hydrogens (primary N) is 2. The van der Waals surface area contributed by atoms with Crippen LogP contribution < -0.4 is 11.5 Å². The van der Waals surface area contributed by atoms with Crippen molar-refractivity contribution in [3.05, 3.63) is 34.6 Å². The molecule has 0 aromatic heterocycles. The summed E-state index contributed by atoms with van der Waals surface area (Å²) in [5.74, 6) is -10.1. The Morgan fingerprint density at radius 1 is 0.812 bits per heavy atom. The molecule has 8 heteroatoms. The minimum Gasteiger partial charge on any atom is -0.329 e. The molecule has 1 aromatic carbocycles. The Morgan fingerprint density at radius 3 is 1.44 bits per heavy atom. The second-order valence-electron chi connectivity index (χ2n) is 2.83. The van der Waals surface area contributed by atoms with Crippen LogP contribution in [0.4, 0.5) is 22.0 Å². The second-order valence-corrected chi connectivity index (χ2v) is 2.83. The summed E-state index contributed by atoms with van der Waals surface area (Å²) in [6.07, 6.45) is 0. The molecule has 0 aliphatic heterocycles. The fraction of sp³-hybridized carbons (Fsp3) is 0.250. The maximum Gasteiger partial charge on any atom is 0.200 e. The van der Waals surface area contributed by atoms with Gasteiger partial charge < -0.3 is 11.5 Å². The van der Waals surface area contributed by atoms with E-state index in [0.717, 1.165) is 0 Å². The molecule has 1 aromatic rings. The Balaban J connectivity index is 0.00000225. The molecule has 0 bridgehead atoms. The molecule has 1 rings (SSSR count). The van der Waals surface area contributed by atoms with E-state index in [1.165, 1.54) is 0 Å². The minimum absolute atomic E-state index is 0. The van der Waals surface area contributed by atoms with E-state index in [1.807, 2.05) is 0 Å². The highest BCUT2D eigenvalue weighted by Gasteiger charge is 2.28. The lowest BCUT2D eigenvalue weighted by atomic mass is 10.1. The Hall–Kier alpha value is -0.920. The quantitative estimate of drug-likeness (QED) is 0.485. The SMILES string of the molecule is Cl.NC[C@@H](N)c1c(F)c(F)c(F)c(F)c1F. The van der Waals surface area contributed by atoms with Gasteiger partial charge in [0.05, 0.1) is 0 Å². The summed E-state index contributed by atoms with van der Waals surface area (Å²) in [5, 5.41) is 0. The highest BCUT2D eigenvalue weighted by molar-refractivity contribution is 5.85. The van der Waals surface area contributed by atoms with Crippen molar-refractivity contribution in [1.82, 2.24) is 0 Å². The van der Waals surface area contributed by atoms with Gasteiger partial charge in [0, 0.05) is 18.2 Å². The van der Waals surface area contributed by atoms with E-state index >= 15 is 0 Å². The largest absolute Gasteiger partial charge is 0.329 e. The molecular formula is C8H8ClF5N2. The Labute approximate surface area is 93.8 Å². The molecule has 0 fully saturated rings. The third kappa shape index (κ3) is 2.26. The Morgan fingerprint density at radius 2 is 1.12 bits per heavy atom. The average Bonchev–Trinajstić information content (AvgIpc) is 2.23. The third-order valence-corrected chi connectivity index (χ3v) is 1.87. The lowest BCUT2D eigenvalue weighted by Gasteiger charge is -2.12. The van der Waals surface area contributed by atoms with Crippen molar-refractivity contribution in [2.75, 3.05) is 6.54 Å². The van der Waals surface area contributed by atoms with Crippen molar-refractivity contribution < 1.29 is 22.0 Å². The molecule has 0 unspecified atom stereocenters. The van der Waals surface area contributed by atoms with Gasteiger partial charge in [-0.1, -0.05) is 0 Å². The van der Waals surface area contributed by atoms with Gasteiger partial charge in [-0.15, -0.1) is 12.4 Å². The van der Waals surface area contributed by atoms with Crippen LogP contribution in [0.5, 0.6) is 0 Å². The van der Waals surface area contributed by atoms with E-state index in [4.69, 9.17) is 11.5 Å². The first-order valence-corrected chi connectivity index (χ1v) is 3.88. The van der Waals surface area contributed by atoms with Crippen LogP contribution in [0, 0.1) is 29.1 Å². The zero-order chi connectivity index (χ0) is 11.7. The highest BCUT2D eigenvalue weighted by Crippen LogP contribution is 2.26. The molecule has 0 heterocycles. The summed E-state index contributed by atoms with van der Waals surface area (Å²) in [6.45, 7) is -0.432. The van der Waals surface area contributed by atoms with E-state index in [0.29, 0.717) is 0 Å². The lowest BCUT2D eigenvalue weighted by molar-refractivity contribution is 0.364. The highest BCUT2D eigenvalue weighted by atomic mass is 35.5. The topological polar surface area (TPSA) is 52.0 Å². The van der Waals surface area contributed by atoms with Crippen molar-refractivity contribution in [1.29, 1.82) is 0 Å². The number of halogens is 6. The lowest BCUT2D eigenvalue weighted by Crippen LogP contribution is -2.25. The standard InChI is InChI=1S/C8H7F5N2.ClH/c9-4-3(2(15)1-14)5(10)7(12)8(13)6(4)11;/h2H,1,14-15H2;1H/t2-;/m1./s1. The molecule has 0 saturated carbocycles. The van der Waals surface area contributed by atoms with Gasteiger partial charge in [0.2, 0.25) is 5.82 Å². The van der Waals surface area contributed by atoms with Crippen molar-refractivity contribution in [3.63, 3.8) is 0 Å². The van der Waals surface area contributed by atoms with Crippen LogP contribution in [-0.4, -0.2) is 6.54 Å². The van der Waals surface area contributed by atoms with Gasteiger partial charge in [0.25, 0.3) is 0 Å². The summed E-state index contributed by atoms with van der Waals surface area (Å²) in [4.78, 5) is 0. The normalized spacial score (nSPS) is 12.2. The maximum atomic E-state index is 13.0. The van der Waals surface area contributed by atoms with Crippen molar-refractivity contribution in [2.45, 2.75) is 6.04 Å². The van der Waals surface area contributed by atoms with Crippen molar-refractivity contribution >= 4 is 12.4 Å². The van der Waals surface area contributed by atoms with Gasteiger partial charge in [0.15, 0.2) is 23.3 Å². The number of rotatable bonds is 2. The van der Waals surface area contributed by atoms with E-state index < -0.39 is 47.2 Å². The fourth-order valence-electron chi connectivity index (χ4n) is 1.07. The zero-order valence-electron chi connectivity index (χ0n) is 7.74. The number of hydrogen-bond donors (Lipinski definition) is 2. The predicted molar refractivity (Wildman–Crippen MR) is 49.5 cm³/mol. The monoisotopic (exact) mass is 262 g/mol. The van der Waals surface area contributed by atoms with E-state index in [1.54, 1.807) is 0 Å². The average molecular weight is 263 g/mol. The van der Waals surface area contributed by atoms with Gasteiger partial charge in [-0.3, -0.25) is 0 Å². The van der Waals surface area contributed by atoms with Crippen LogP contribution in [-0.2, 0) is 0 Å². The molecular weight excluding hydrogens is 255 g/mol. The van der Waals surface area contributed by atoms with Crippen LogP contribution in [0.3, 0.4) is 0 Å². The molecule has 16 heavy (non-hydrogen) atoms. The maximum absolute atomic E-state index is 13.0. The molecule has 0 saturated heterocycles. The molecule has 2 nitrogen and oxygen atoms in total. The first-order chi connectivity index (χ1) is 6.91. The molecule has 4 N–H and O–H groups in total. The van der Waals surface area contributed by atoms with Crippen LogP contribution in [0.1, 0.15) is 11.6 Å². The van der Waals surface area contributed by atoms with Crippen molar-refractivity contribution in [2.24, 2.45) is 11.5 Å². The smallest absolute Gasteiger partial charge is 0.200 e. The minimum atomic E-state index is -2.21. The van der Waals surface area contributed by atoms with E-state index in [-0.39, 0.29) is 12.4 Å². The molecule has 0 radical (unpaired) electrons. The Bertz CT molecular complexity index is 370. The fourth-order valence-corrected chi connectivity index (χ4v) is 1.07. The molecule has 0 amide bonds. The molecule has 0 aliphatic rings. The molecule has 1 atom stereocenters. The van der Waals surface area contributed by atoms with Crippen molar-refractivity contribution in [3.8, 4) is 0 Å². The van der Waals surface area contributed by atoms with E-state index in [9.17, 15) is 22.0 Å². The third-order valence-electron chi connectivity index (χ3n) is 1.87. The van der Waals surface area contributed by atoms with Gasteiger partial charge in [-0.05, 0) is 0 Å². The first kappa shape index (κ1) is 15.1. The second kappa shape index (κ2) is 5.42. The van der Waals surface area contributed by atoms with Gasteiger partial charge >= 0.3 is 0 Å².